The lowest BCUT2D eigenvalue weighted by molar-refractivity contribution is -0.112. The largest absolute Gasteiger partial charge is 0.297 e. The Balaban J connectivity index is 1.64. The molecular formula is C21H14ClN5OS. The Kier molecular flexibility index (Phi) is 5.12. The van der Waals surface area contributed by atoms with E-state index in [9.17, 15) is 10.1 Å². The predicted octanol–water partition coefficient (Wildman–Crippen LogP) is 4.99. The van der Waals surface area contributed by atoms with E-state index in [1.165, 1.54) is 17.4 Å². The lowest BCUT2D eigenvalue weighted by atomic mass is 10.1. The fourth-order valence-electron chi connectivity index (χ4n) is 2.80. The first kappa shape index (κ1) is 18.9. The van der Waals surface area contributed by atoms with Gasteiger partial charge in [-0.25, -0.2) is 9.67 Å². The zero-order chi connectivity index (χ0) is 20.4. The van der Waals surface area contributed by atoms with Crippen LogP contribution in [0.2, 0.25) is 5.15 Å². The van der Waals surface area contributed by atoms with Crippen LogP contribution in [0.4, 0.5) is 5.13 Å². The molecule has 6 nitrogen and oxygen atoms in total. The molecule has 0 fully saturated rings. The van der Waals surface area contributed by atoms with Gasteiger partial charge in [0.15, 0.2) is 5.13 Å². The van der Waals surface area contributed by atoms with Gasteiger partial charge in [0, 0.05) is 5.56 Å². The molecule has 0 spiro atoms. The van der Waals surface area contributed by atoms with Crippen molar-refractivity contribution in [2.45, 2.75) is 6.92 Å². The van der Waals surface area contributed by atoms with E-state index >= 15 is 0 Å². The quantitative estimate of drug-likeness (QED) is 0.373. The molecule has 2 aromatic carbocycles. The fraction of sp³-hybridized carbons (Fsp3) is 0.0476. The second-order valence-electron chi connectivity index (χ2n) is 6.15. The van der Waals surface area contributed by atoms with Crippen molar-refractivity contribution in [3.8, 4) is 11.8 Å². The molecule has 0 radical (unpaired) electrons. The Bertz CT molecular complexity index is 1250. The molecule has 1 N–H and O–H groups in total. The van der Waals surface area contributed by atoms with Gasteiger partial charge in [-0.15, -0.1) is 0 Å². The summed E-state index contributed by atoms with van der Waals surface area (Å²) in [6.45, 7) is 1.78. The van der Waals surface area contributed by atoms with Crippen molar-refractivity contribution in [3.05, 3.63) is 76.6 Å². The third-order valence-corrected chi connectivity index (χ3v) is 5.53. The maximum atomic E-state index is 12.6. The number of nitrogens with zero attached hydrogens (tertiary/aromatic N) is 4. The first-order chi connectivity index (χ1) is 14.1. The van der Waals surface area contributed by atoms with Crippen LogP contribution < -0.4 is 5.32 Å². The third kappa shape index (κ3) is 3.76. The number of halogens is 1. The molecule has 0 unspecified atom stereocenters. The van der Waals surface area contributed by atoms with E-state index in [0.29, 0.717) is 21.5 Å². The minimum absolute atomic E-state index is 0.0816. The number of carbonyl (C=O) groups excluding carboxylic acids is 1. The molecular weight excluding hydrogens is 406 g/mol. The van der Waals surface area contributed by atoms with Crippen molar-refractivity contribution >= 4 is 50.3 Å². The molecule has 8 heteroatoms. The Morgan fingerprint density at radius 2 is 1.93 bits per heavy atom. The van der Waals surface area contributed by atoms with E-state index in [2.05, 4.69) is 15.4 Å². The molecule has 0 aliphatic heterocycles. The molecule has 0 aliphatic carbocycles. The van der Waals surface area contributed by atoms with Crippen LogP contribution in [0, 0.1) is 18.3 Å². The maximum Gasteiger partial charge on any atom is 0.268 e. The molecule has 0 atom stereocenters. The zero-order valence-electron chi connectivity index (χ0n) is 15.3. The van der Waals surface area contributed by atoms with Gasteiger partial charge < -0.3 is 0 Å². The number of para-hydroxylation sites is 2. The van der Waals surface area contributed by atoms with Crippen LogP contribution in [0.25, 0.3) is 22.0 Å². The first-order valence-electron chi connectivity index (χ1n) is 8.66. The summed E-state index contributed by atoms with van der Waals surface area (Å²) < 4.78 is 2.52. The van der Waals surface area contributed by atoms with Crippen LogP contribution in [-0.4, -0.2) is 20.7 Å². The topological polar surface area (TPSA) is 83.6 Å². The summed E-state index contributed by atoms with van der Waals surface area (Å²) in [5.41, 5.74) is 2.63. The first-order valence-corrected chi connectivity index (χ1v) is 9.85. The summed E-state index contributed by atoms with van der Waals surface area (Å²) in [7, 11) is 0. The number of aromatic nitrogens is 3. The second kappa shape index (κ2) is 7.87. The highest BCUT2D eigenvalue weighted by atomic mass is 35.5. The number of nitrogens with one attached hydrogen (secondary N) is 1. The summed E-state index contributed by atoms with van der Waals surface area (Å²) in [6, 6.07) is 18.9. The summed E-state index contributed by atoms with van der Waals surface area (Å²) in [5, 5.41) is 17.4. The lowest BCUT2D eigenvalue weighted by Crippen LogP contribution is -2.13. The number of anilines is 1. The Hall–Kier alpha value is -3.47. The average molecular weight is 420 g/mol. The van der Waals surface area contributed by atoms with Crippen molar-refractivity contribution in [2.24, 2.45) is 0 Å². The number of thiazole rings is 1. The molecule has 2 aromatic heterocycles. The number of carbonyl (C=O) groups is 1. The van der Waals surface area contributed by atoms with Crippen molar-refractivity contribution in [2.75, 3.05) is 5.32 Å². The summed E-state index contributed by atoms with van der Waals surface area (Å²) in [4.78, 5) is 17.0. The smallest absolute Gasteiger partial charge is 0.268 e. The number of fused-ring (bicyclic) bond motifs is 1. The SMILES string of the molecule is Cc1nn(-c2ccccc2)c(Cl)c1/C=C(\C#N)C(=O)Nc1nc2ccccc2s1. The number of aryl methyl sites for hydroxylation is 1. The number of amides is 1. The third-order valence-electron chi connectivity index (χ3n) is 4.22. The van der Waals surface area contributed by atoms with Crippen LogP contribution >= 0.6 is 22.9 Å². The van der Waals surface area contributed by atoms with E-state index in [1.54, 1.807) is 11.6 Å². The summed E-state index contributed by atoms with van der Waals surface area (Å²) in [6.07, 6.45) is 1.45. The molecule has 4 aromatic rings. The molecule has 4 rings (SSSR count). The van der Waals surface area contributed by atoms with Gasteiger partial charge >= 0.3 is 0 Å². The normalized spacial score (nSPS) is 11.4. The molecule has 142 valence electrons. The average Bonchev–Trinajstić information content (AvgIpc) is 3.26. The Morgan fingerprint density at radius 3 is 2.66 bits per heavy atom. The number of hydrogen-bond donors (Lipinski definition) is 1. The van der Waals surface area contributed by atoms with Crippen LogP contribution in [0.5, 0.6) is 0 Å². The van der Waals surface area contributed by atoms with Crippen molar-refractivity contribution in [3.63, 3.8) is 0 Å². The molecule has 1 amide bonds. The van der Waals surface area contributed by atoms with Gasteiger partial charge in [-0.1, -0.05) is 53.3 Å². The van der Waals surface area contributed by atoms with E-state index < -0.39 is 5.91 Å². The maximum absolute atomic E-state index is 12.6. The van der Waals surface area contributed by atoms with Crippen LogP contribution in [-0.2, 0) is 4.79 Å². The number of benzene rings is 2. The Morgan fingerprint density at radius 1 is 1.21 bits per heavy atom. The van der Waals surface area contributed by atoms with E-state index in [-0.39, 0.29) is 5.57 Å². The monoisotopic (exact) mass is 419 g/mol. The van der Waals surface area contributed by atoms with Crippen LogP contribution in [0.15, 0.2) is 60.2 Å². The van der Waals surface area contributed by atoms with Gasteiger partial charge in [0.2, 0.25) is 0 Å². The molecule has 0 saturated heterocycles. The van der Waals surface area contributed by atoms with E-state index in [4.69, 9.17) is 11.6 Å². The lowest BCUT2D eigenvalue weighted by Gasteiger charge is -2.02. The molecule has 0 saturated carbocycles. The molecule has 0 bridgehead atoms. The van der Waals surface area contributed by atoms with Crippen LogP contribution in [0.1, 0.15) is 11.3 Å². The van der Waals surface area contributed by atoms with Crippen molar-refractivity contribution in [1.29, 1.82) is 5.26 Å². The number of nitriles is 1. The number of hydrogen-bond acceptors (Lipinski definition) is 5. The Labute approximate surface area is 175 Å². The fourth-order valence-corrected chi connectivity index (χ4v) is 3.99. The van der Waals surface area contributed by atoms with Crippen molar-refractivity contribution in [1.82, 2.24) is 14.8 Å². The van der Waals surface area contributed by atoms with Gasteiger partial charge in [0.25, 0.3) is 5.91 Å². The highest BCUT2D eigenvalue weighted by Gasteiger charge is 2.17. The minimum Gasteiger partial charge on any atom is -0.297 e. The van der Waals surface area contributed by atoms with Crippen molar-refractivity contribution < 1.29 is 4.79 Å². The second-order valence-corrected chi connectivity index (χ2v) is 7.54. The van der Waals surface area contributed by atoms with Gasteiger partial charge in [0.1, 0.15) is 16.8 Å². The highest BCUT2D eigenvalue weighted by molar-refractivity contribution is 7.22. The summed E-state index contributed by atoms with van der Waals surface area (Å²) >= 11 is 7.83. The van der Waals surface area contributed by atoms with E-state index in [0.717, 1.165) is 15.9 Å². The highest BCUT2D eigenvalue weighted by Crippen LogP contribution is 2.28. The van der Waals surface area contributed by atoms with Gasteiger partial charge in [0.05, 0.1) is 21.6 Å². The molecule has 0 aliphatic rings. The number of rotatable bonds is 4. The molecule has 2 heterocycles. The van der Waals surface area contributed by atoms with Crippen LogP contribution in [0.3, 0.4) is 0 Å². The standard InChI is InChI=1S/C21H14ClN5OS/c1-13-16(19(22)27(26-13)15-7-3-2-4-8-15)11-14(12-23)20(28)25-21-24-17-9-5-6-10-18(17)29-21/h2-11H,1H3,(H,24,25,28)/b14-11+. The van der Waals surface area contributed by atoms with E-state index in [1.807, 2.05) is 60.7 Å². The molecule has 29 heavy (non-hydrogen) atoms. The van der Waals surface area contributed by atoms with Gasteiger partial charge in [-0.2, -0.15) is 10.4 Å². The minimum atomic E-state index is -0.547. The zero-order valence-corrected chi connectivity index (χ0v) is 16.8. The summed E-state index contributed by atoms with van der Waals surface area (Å²) in [5.74, 6) is -0.547. The van der Waals surface area contributed by atoms with Gasteiger partial charge in [-0.05, 0) is 37.3 Å². The van der Waals surface area contributed by atoms with Gasteiger partial charge in [-0.3, -0.25) is 10.1 Å². The predicted molar refractivity (Wildman–Crippen MR) is 115 cm³/mol.